The molecule has 0 bridgehead atoms. The van der Waals surface area contributed by atoms with Gasteiger partial charge in [-0.15, -0.1) is 0 Å². The highest BCUT2D eigenvalue weighted by molar-refractivity contribution is 5.74. The lowest BCUT2D eigenvalue weighted by Gasteiger charge is -2.16. The fraction of sp³-hybridized carbons (Fsp3) is 0.353. The average Bonchev–Trinajstić information content (AvgIpc) is 3.05. The maximum Gasteiger partial charge on any atom is 0.315 e. The summed E-state index contributed by atoms with van der Waals surface area (Å²) in [5.41, 5.74) is 1.12. The average molecular weight is 318 g/mol. The number of nitrogens with one attached hydrogen (secondary N) is 2. The van der Waals surface area contributed by atoms with Crippen LogP contribution < -0.4 is 15.4 Å². The van der Waals surface area contributed by atoms with Crippen LogP contribution in [0.5, 0.6) is 5.75 Å². The number of furan rings is 1. The van der Waals surface area contributed by atoms with E-state index in [4.69, 9.17) is 9.15 Å². The molecule has 0 saturated carbocycles. The van der Waals surface area contributed by atoms with Gasteiger partial charge in [-0.2, -0.15) is 0 Å². The molecule has 6 heteroatoms. The number of hydrogen-bond donors (Lipinski definition) is 3. The molecule has 2 amide bonds. The van der Waals surface area contributed by atoms with Crippen molar-refractivity contribution in [2.75, 3.05) is 13.2 Å². The number of amides is 2. The molecule has 1 aromatic carbocycles. The summed E-state index contributed by atoms with van der Waals surface area (Å²) in [7, 11) is 0. The number of aliphatic hydroxyl groups is 1. The lowest BCUT2D eigenvalue weighted by atomic mass is 10.2. The summed E-state index contributed by atoms with van der Waals surface area (Å²) >= 11 is 0. The van der Waals surface area contributed by atoms with E-state index in [1.54, 1.807) is 12.1 Å². The minimum absolute atomic E-state index is 0.0742. The summed E-state index contributed by atoms with van der Waals surface area (Å²) in [6.45, 7) is 4.27. The number of carbonyl (C=O) groups is 1. The second-order valence-electron chi connectivity index (χ2n) is 5.41. The number of urea groups is 1. The highest BCUT2D eigenvalue weighted by Crippen LogP contribution is 2.13. The van der Waals surface area contributed by atoms with Crippen molar-refractivity contribution < 1.29 is 19.1 Å². The molecule has 0 spiro atoms. The minimum atomic E-state index is -0.866. The standard InChI is InChI=1S/C17H22N2O4/c1-12-5-3-6-14(9-12)23-11-13(2)19-17(21)18-10-15(20)16-7-4-8-22-16/h3-9,13,15,20H,10-11H2,1-2H3,(H2,18,19,21). The smallest absolute Gasteiger partial charge is 0.315 e. The number of carbonyl (C=O) groups excluding carboxylic acids is 1. The first-order valence-corrected chi connectivity index (χ1v) is 7.50. The molecule has 2 atom stereocenters. The third-order valence-corrected chi connectivity index (χ3v) is 3.19. The van der Waals surface area contributed by atoms with Gasteiger partial charge in [0, 0.05) is 0 Å². The van der Waals surface area contributed by atoms with Crippen molar-refractivity contribution in [1.82, 2.24) is 10.6 Å². The molecule has 1 aromatic heterocycles. The van der Waals surface area contributed by atoms with Gasteiger partial charge in [-0.3, -0.25) is 0 Å². The third-order valence-electron chi connectivity index (χ3n) is 3.19. The summed E-state index contributed by atoms with van der Waals surface area (Å²) in [4.78, 5) is 11.8. The monoisotopic (exact) mass is 318 g/mol. The molecule has 1 heterocycles. The van der Waals surface area contributed by atoms with Crippen molar-refractivity contribution in [1.29, 1.82) is 0 Å². The highest BCUT2D eigenvalue weighted by atomic mass is 16.5. The minimum Gasteiger partial charge on any atom is -0.491 e. The van der Waals surface area contributed by atoms with Crippen LogP contribution in [-0.4, -0.2) is 30.3 Å². The Hall–Kier alpha value is -2.47. The molecule has 23 heavy (non-hydrogen) atoms. The van der Waals surface area contributed by atoms with E-state index in [1.807, 2.05) is 38.1 Å². The van der Waals surface area contributed by atoms with Gasteiger partial charge in [0.25, 0.3) is 0 Å². The molecule has 0 aliphatic rings. The number of aryl methyl sites for hydroxylation is 1. The van der Waals surface area contributed by atoms with Crippen molar-refractivity contribution in [3.63, 3.8) is 0 Å². The predicted molar refractivity (Wildman–Crippen MR) is 86.3 cm³/mol. The summed E-state index contributed by atoms with van der Waals surface area (Å²) in [5, 5.41) is 15.2. The Kier molecular flexibility index (Phi) is 6.05. The number of aliphatic hydroxyl groups excluding tert-OH is 1. The molecule has 0 aliphatic heterocycles. The fourth-order valence-electron chi connectivity index (χ4n) is 2.01. The van der Waals surface area contributed by atoms with E-state index in [0.29, 0.717) is 12.4 Å². The summed E-state index contributed by atoms with van der Waals surface area (Å²) < 4.78 is 10.7. The normalized spacial score (nSPS) is 13.2. The molecule has 2 rings (SSSR count). The van der Waals surface area contributed by atoms with E-state index in [-0.39, 0.29) is 18.6 Å². The molecular formula is C17H22N2O4. The predicted octanol–water partition coefficient (Wildman–Crippen LogP) is 2.39. The molecule has 2 aromatic rings. The summed E-state index contributed by atoms with van der Waals surface area (Å²) in [6, 6.07) is 10.5. The molecule has 3 N–H and O–H groups in total. The van der Waals surface area contributed by atoms with Gasteiger partial charge < -0.3 is 24.9 Å². The van der Waals surface area contributed by atoms with Gasteiger partial charge in [0.15, 0.2) is 0 Å². The van der Waals surface area contributed by atoms with Gasteiger partial charge in [-0.25, -0.2) is 4.79 Å². The van der Waals surface area contributed by atoms with Gasteiger partial charge in [-0.1, -0.05) is 12.1 Å². The van der Waals surface area contributed by atoms with Crippen molar-refractivity contribution in [2.24, 2.45) is 0 Å². The topological polar surface area (TPSA) is 83.7 Å². The Morgan fingerprint density at radius 2 is 2.17 bits per heavy atom. The molecule has 6 nitrogen and oxygen atoms in total. The van der Waals surface area contributed by atoms with Crippen LogP contribution in [0.4, 0.5) is 4.79 Å². The maximum absolute atomic E-state index is 11.8. The zero-order valence-corrected chi connectivity index (χ0v) is 13.3. The first-order valence-electron chi connectivity index (χ1n) is 7.50. The Morgan fingerprint density at radius 1 is 1.35 bits per heavy atom. The van der Waals surface area contributed by atoms with E-state index in [1.165, 1.54) is 6.26 Å². The van der Waals surface area contributed by atoms with Gasteiger partial charge in [0.05, 0.1) is 18.8 Å². The van der Waals surface area contributed by atoms with Crippen LogP contribution in [0.15, 0.2) is 47.1 Å². The SMILES string of the molecule is Cc1cccc(OCC(C)NC(=O)NCC(O)c2ccco2)c1. The second-order valence-corrected chi connectivity index (χ2v) is 5.41. The molecule has 0 fully saturated rings. The van der Waals surface area contributed by atoms with Crippen molar-refractivity contribution in [3.05, 3.63) is 54.0 Å². The van der Waals surface area contributed by atoms with E-state index >= 15 is 0 Å². The highest BCUT2D eigenvalue weighted by Gasteiger charge is 2.13. The van der Waals surface area contributed by atoms with Gasteiger partial charge in [-0.05, 0) is 43.7 Å². The zero-order chi connectivity index (χ0) is 16.7. The Morgan fingerprint density at radius 3 is 2.87 bits per heavy atom. The van der Waals surface area contributed by atoms with Crippen LogP contribution in [0, 0.1) is 6.92 Å². The molecule has 124 valence electrons. The van der Waals surface area contributed by atoms with Gasteiger partial charge >= 0.3 is 6.03 Å². The van der Waals surface area contributed by atoms with Crippen LogP contribution in [0.3, 0.4) is 0 Å². The summed E-state index contributed by atoms with van der Waals surface area (Å²) in [6.07, 6.45) is 0.609. The van der Waals surface area contributed by atoms with Crippen LogP contribution in [0.1, 0.15) is 24.4 Å². The lowest BCUT2D eigenvalue weighted by molar-refractivity contribution is 0.147. The van der Waals surface area contributed by atoms with Crippen LogP contribution in [0.25, 0.3) is 0 Å². The van der Waals surface area contributed by atoms with Crippen LogP contribution in [0.2, 0.25) is 0 Å². The Balaban J connectivity index is 1.68. The molecule has 0 saturated heterocycles. The van der Waals surface area contributed by atoms with E-state index < -0.39 is 6.10 Å². The molecule has 0 radical (unpaired) electrons. The first-order chi connectivity index (χ1) is 11.0. The van der Waals surface area contributed by atoms with Crippen LogP contribution in [-0.2, 0) is 0 Å². The number of hydrogen-bond acceptors (Lipinski definition) is 4. The Labute approximate surface area is 135 Å². The molecule has 2 unspecified atom stereocenters. The van der Waals surface area contributed by atoms with Crippen LogP contribution >= 0.6 is 0 Å². The van der Waals surface area contributed by atoms with E-state index in [0.717, 1.165) is 11.3 Å². The van der Waals surface area contributed by atoms with Crippen molar-refractivity contribution in [2.45, 2.75) is 26.0 Å². The van der Waals surface area contributed by atoms with Gasteiger partial charge in [0.1, 0.15) is 24.2 Å². The van der Waals surface area contributed by atoms with E-state index in [2.05, 4.69) is 10.6 Å². The quantitative estimate of drug-likeness (QED) is 0.732. The Bertz CT molecular complexity index is 613. The lowest BCUT2D eigenvalue weighted by Crippen LogP contribution is -2.44. The summed E-state index contributed by atoms with van der Waals surface area (Å²) in [5.74, 6) is 1.19. The molecule has 0 aliphatic carbocycles. The zero-order valence-electron chi connectivity index (χ0n) is 13.3. The number of ether oxygens (including phenoxy) is 1. The molecular weight excluding hydrogens is 296 g/mol. The fourth-order valence-corrected chi connectivity index (χ4v) is 2.01. The maximum atomic E-state index is 11.8. The number of benzene rings is 1. The van der Waals surface area contributed by atoms with Gasteiger partial charge in [0.2, 0.25) is 0 Å². The van der Waals surface area contributed by atoms with E-state index in [9.17, 15) is 9.90 Å². The second kappa shape index (κ2) is 8.24. The van der Waals surface area contributed by atoms with Crippen molar-refractivity contribution >= 4 is 6.03 Å². The van der Waals surface area contributed by atoms with Crippen molar-refractivity contribution in [3.8, 4) is 5.75 Å². The largest absolute Gasteiger partial charge is 0.491 e. The first kappa shape index (κ1) is 16.9. The number of rotatable bonds is 7. The third kappa shape index (κ3) is 5.67.